The summed E-state index contributed by atoms with van der Waals surface area (Å²) in [5.41, 5.74) is 5.96. The van der Waals surface area contributed by atoms with Crippen LogP contribution < -0.4 is 5.73 Å². The molecule has 80 valence electrons. The molecule has 2 aliphatic heterocycles. The topological polar surface area (TPSA) is 46.3 Å². The first-order chi connectivity index (χ1) is 6.59. The number of nitrogens with zero attached hydrogens (tertiary/aromatic N) is 1. The third-order valence-corrected chi connectivity index (χ3v) is 3.52. The molecule has 0 radical (unpaired) electrons. The fourth-order valence-corrected chi connectivity index (χ4v) is 2.88. The zero-order chi connectivity index (χ0) is 10.3. The summed E-state index contributed by atoms with van der Waals surface area (Å²) in [5, 5.41) is 0. The predicted molar refractivity (Wildman–Crippen MR) is 55.7 cm³/mol. The van der Waals surface area contributed by atoms with Gasteiger partial charge in [0.25, 0.3) is 0 Å². The van der Waals surface area contributed by atoms with E-state index in [0.29, 0.717) is 24.0 Å². The number of rotatable bonds is 1. The van der Waals surface area contributed by atoms with E-state index < -0.39 is 0 Å². The number of nitrogens with two attached hydrogens (primary N) is 1. The second-order valence-electron chi connectivity index (χ2n) is 5.02. The van der Waals surface area contributed by atoms with E-state index in [9.17, 15) is 4.79 Å². The maximum Gasteiger partial charge on any atom is 0.225 e. The van der Waals surface area contributed by atoms with Crippen LogP contribution in [0.3, 0.4) is 0 Å². The molecule has 2 heterocycles. The Bertz CT molecular complexity index is 225. The van der Waals surface area contributed by atoms with Gasteiger partial charge in [0.1, 0.15) is 0 Å². The van der Waals surface area contributed by atoms with Crippen LogP contribution in [0, 0.1) is 5.92 Å². The molecule has 0 aromatic carbocycles. The van der Waals surface area contributed by atoms with Gasteiger partial charge in [-0.3, -0.25) is 4.79 Å². The number of carbonyl (C=O) groups excluding carboxylic acids is 1. The summed E-state index contributed by atoms with van der Waals surface area (Å²) in [5.74, 6) is 0.455. The molecule has 1 amide bonds. The summed E-state index contributed by atoms with van der Waals surface area (Å²) in [7, 11) is 0. The van der Waals surface area contributed by atoms with E-state index in [1.165, 1.54) is 0 Å². The minimum Gasteiger partial charge on any atom is -0.336 e. The minimum absolute atomic E-state index is 0.132. The summed E-state index contributed by atoms with van der Waals surface area (Å²) in [6.45, 7) is 3.96. The first-order valence-electron chi connectivity index (χ1n) is 5.67. The maximum atomic E-state index is 12.0. The van der Waals surface area contributed by atoms with Gasteiger partial charge in [0.2, 0.25) is 5.91 Å². The van der Waals surface area contributed by atoms with E-state index in [0.717, 1.165) is 25.7 Å². The van der Waals surface area contributed by atoms with E-state index in [4.69, 9.17) is 5.73 Å². The largest absolute Gasteiger partial charge is 0.336 e. The molecule has 1 unspecified atom stereocenters. The molecule has 2 fully saturated rings. The molecule has 2 aliphatic rings. The Hall–Kier alpha value is -0.570. The Balaban J connectivity index is 2.11. The van der Waals surface area contributed by atoms with E-state index in [2.05, 4.69) is 4.90 Å². The first-order valence-corrected chi connectivity index (χ1v) is 5.67. The summed E-state index contributed by atoms with van der Waals surface area (Å²) in [6, 6.07) is 1.21. The van der Waals surface area contributed by atoms with Gasteiger partial charge >= 0.3 is 0 Å². The maximum absolute atomic E-state index is 12.0. The lowest BCUT2D eigenvalue weighted by Crippen LogP contribution is -2.51. The van der Waals surface area contributed by atoms with E-state index in [-0.39, 0.29) is 5.92 Å². The Labute approximate surface area is 85.6 Å². The van der Waals surface area contributed by atoms with Crippen LogP contribution in [0.1, 0.15) is 39.5 Å². The van der Waals surface area contributed by atoms with Crippen LogP contribution in [0.25, 0.3) is 0 Å². The molecular formula is C11H20N2O. The van der Waals surface area contributed by atoms with Crippen molar-refractivity contribution in [3.8, 4) is 0 Å². The third-order valence-electron chi connectivity index (χ3n) is 3.52. The number of carbonyl (C=O) groups is 1. The summed E-state index contributed by atoms with van der Waals surface area (Å²) >= 11 is 0. The van der Waals surface area contributed by atoms with E-state index >= 15 is 0 Å². The lowest BCUT2D eigenvalue weighted by molar-refractivity contribution is -0.139. The van der Waals surface area contributed by atoms with Crippen LogP contribution in [-0.2, 0) is 4.79 Å². The van der Waals surface area contributed by atoms with Crippen LogP contribution in [0.4, 0.5) is 0 Å². The molecule has 3 nitrogen and oxygen atoms in total. The molecule has 0 aromatic heterocycles. The molecule has 3 heteroatoms. The SMILES string of the molecule is CC(C)C(=O)N1[C@@H]2CC[C@H]1CC(N)C2. The highest BCUT2D eigenvalue weighted by molar-refractivity contribution is 5.79. The highest BCUT2D eigenvalue weighted by Gasteiger charge is 2.42. The van der Waals surface area contributed by atoms with Crippen LogP contribution >= 0.6 is 0 Å². The lowest BCUT2D eigenvalue weighted by atomic mass is 9.96. The van der Waals surface area contributed by atoms with Crippen LogP contribution in [0.5, 0.6) is 0 Å². The second-order valence-corrected chi connectivity index (χ2v) is 5.02. The molecule has 3 atom stereocenters. The Morgan fingerprint density at radius 3 is 2.21 bits per heavy atom. The normalized spacial score (nSPS) is 36.6. The van der Waals surface area contributed by atoms with Gasteiger partial charge in [-0.05, 0) is 25.7 Å². The fraction of sp³-hybridized carbons (Fsp3) is 0.909. The average molecular weight is 196 g/mol. The molecule has 0 spiro atoms. The molecule has 0 saturated carbocycles. The quantitative estimate of drug-likeness (QED) is 0.683. The van der Waals surface area contributed by atoms with Crippen molar-refractivity contribution in [3.63, 3.8) is 0 Å². The van der Waals surface area contributed by atoms with Crippen molar-refractivity contribution >= 4 is 5.91 Å². The highest BCUT2D eigenvalue weighted by Crippen LogP contribution is 2.35. The van der Waals surface area contributed by atoms with Gasteiger partial charge in [0, 0.05) is 24.0 Å². The van der Waals surface area contributed by atoms with Gasteiger partial charge in [-0.25, -0.2) is 0 Å². The number of fused-ring (bicyclic) bond motifs is 2. The predicted octanol–water partition coefficient (Wildman–Crippen LogP) is 1.12. The van der Waals surface area contributed by atoms with Crippen molar-refractivity contribution in [2.75, 3.05) is 0 Å². The number of amides is 1. The van der Waals surface area contributed by atoms with Crippen LogP contribution in [0.2, 0.25) is 0 Å². The van der Waals surface area contributed by atoms with Gasteiger partial charge in [-0.15, -0.1) is 0 Å². The minimum atomic E-state index is 0.132. The molecule has 0 aliphatic carbocycles. The molecule has 2 rings (SSSR count). The van der Waals surface area contributed by atoms with Gasteiger partial charge < -0.3 is 10.6 Å². The van der Waals surface area contributed by atoms with Gasteiger partial charge in [-0.2, -0.15) is 0 Å². The smallest absolute Gasteiger partial charge is 0.225 e. The van der Waals surface area contributed by atoms with Crippen molar-refractivity contribution in [3.05, 3.63) is 0 Å². The number of hydrogen-bond acceptors (Lipinski definition) is 2. The van der Waals surface area contributed by atoms with Gasteiger partial charge in [0.15, 0.2) is 0 Å². The molecule has 2 N–H and O–H groups in total. The first kappa shape index (κ1) is 9.97. The molecule has 2 saturated heterocycles. The van der Waals surface area contributed by atoms with Crippen molar-refractivity contribution in [2.45, 2.75) is 57.7 Å². The van der Waals surface area contributed by atoms with E-state index in [1.807, 2.05) is 13.8 Å². The zero-order valence-electron chi connectivity index (χ0n) is 9.07. The average Bonchev–Trinajstić information content (AvgIpc) is 2.37. The summed E-state index contributed by atoms with van der Waals surface area (Å²) in [6.07, 6.45) is 4.34. The standard InChI is InChI=1S/C11H20N2O/c1-7(2)11(14)13-9-3-4-10(13)6-8(12)5-9/h7-10H,3-6,12H2,1-2H3/t8?,9-,10+. The van der Waals surface area contributed by atoms with Crippen molar-refractivity contribution in [1.82, 2.24) is 4.90 Å². The summed E-state index contributed by atoms with van der Waals surface area (Å²) < 4.78 is 0. The van der Waals surface area contributed by atoms with Crippen LogP contribution in [-0.4, -0.2) is 28.9 Å². The third kappa shape index (κ3) is 1.54. The van der Waals surface area contributed by atoms with E-state index in [1.54, 1.807) is 0 Å². The Morgan fingerprint density at radius 2 is 1.79 bits per heavy atom. The van der Waals surface area contributed by atoms with Crippen LogP contribution in [0.15, 0.2) is 0 Å². The lowest BCUT2D eigenvalue weighted by Gasteiger charge is -2.38. The van der Waals surface area contributed by atoms with Gasteiger partial charge in [0.05, 0.1) is 0 Å². The molecule has 14 heavy (non-hydrogen) atoms. The molecule has 0 aromatic rings. The second kappa shape index (κ2) is 3.54. The zero-order valence-corrected chi connectivity index (χ0v) is 9.07. The van der Waals surface area contributed by atoms with Gasteiger partial charge in [-0.1, -0.05) is 13.8 Å². The fourth-order valence-electron chi connectivity index (χ4n) is 2.88. The van der Waals surface area contributed by atoms with Crippen molar-refractivity contribution < 1.29 is 4.79 Å². The Morgan fingerprint density at radius 1 is 1.29 bits per heavy atom. The van der Waals surface area contributed by atoms with Crippen molar-refractivity contribution in [1.29, 1.82) is 0 Å². The van der Waals surface area contributed by atoms with Crippen molar-refractivity contribution in [2.24, 2.45) is 11.7 Å². The number of piperidine rings is 1. The molecule has 2 bridgehead atoms. The Kier molecular flexibility index (Phi) is 2.52. The summed E-state index contributed by atoms with van der Waals surface area (Å²) in [4.78, 5) is 14.1. The monoisotopic (exact) mass is 196 g/mol. The highest BCUT2D eigenvalue weighted by atomic mass is 16.2. The molecular weight excluding hydrogens is 176 g/mol. The number of hydrogen-bond donors (Lipinski definition) is 1.